The molecule has 0 fully saturated rings. The Morgan fingerprint density at radius 2 is 1.91 bits per heavy atom. The quantitative estimate of drug-likeness (QED) is 0.391. The fourth-order valence-electron chi connectivity index (χ4n) is 3.95. The minimum atomic E-state index is -0.380. The highest BCUT2D eigenvalue weighted by Crippen LogP contribution is 2.39. The number of amides is 2. The third-order valence-corrected chi connectivity index (χ3v) is 6.84. The van der Waals surface area contributed by atoms with E-state index in [0.717, 1.165) is 25.7 Å². The minimum Gasteiger partial charge on any atom is -0.484 e. The Hall–Kier alpha value is -3.16. The van der Waals surface area contributed by atoms with Crippen LogP contribution in [0.2, 0.25) is 0 Å². The largest absolute Gasteiger partial charge is 0.484 e. The Bertz CT molecular complexity index is 1310. The molecule has 4 aromatic rings. The van der Waals surface area contributed by atoms with E-state index < -0.39 is 0 Å². The van der Waals surface area contributed by atoms with Gasteiger partial charge in [-0.2, -0.15) is 0 Å². The van der Waals surface area contributed by atoms with Gasteiger partial charge in [0, 0.05) is 20.6 Å². The van der Waals surface area contributed by atoms with Crippen LogP contribution in [0.4, 0.5) is 5.69 Å². The standard InChI is InChI=1S/C25H19BrN2O3S/c26-18-8-10-21-20(13-18)25(22-6-3-11-32-22)28(14-23(29)27-21)24(30)15-31-19-9-7-16-4-1-2-5-17(16)12-19/h1-13,25H,14-15H2,(H,27,29). The Morgan fingerprint density at radius 3 is 2.72 bits per heavy atom. The number of anilines is 1. The molecule has 0 spiro atoms. The first-order valence-corrected chi connectivity index (χ1v) is 11.8. The molecule has 1 atom stereocenters. The summed E-state index contributed by atoms with van der Waals surface area (Å²) in [6, 6.07) is 23.0. The molecule has 1 aliphatic rings. The topological polar surface area (TPSA) is 58.6 Å². The molecule has 0 radical (unpaired) electrons. The molecule has 160 valence electrons. The lowest BCUT2D eigenvalue weighted by Gasteiger charge is -2.29. The van der Waals surface area contributed by atoms with Crippen LogP contribution in [0, 0.1) is 0 Å². The smallest absolute Gasteiger partial charge is 0.261 e. The van der Waals surface area contributed by atoms with E-state index in [2.05, 4.69) is 21.2 Å². The molecule has 1 unspecified atom stereocenters. The van der Waals surface area contributed by atoms with Crippen LogP contribution >= 0.6 is 27.3 Å². The lowest BCUT2D eigenvalue weighted by Crippen LogP contribution is -2.41. The van der Waals surface area contributed by atoms with Crippen LogP contribution in [0.25, 0.3) is 10.8 Å². The average Bonchev–Trinajstić information content (AvgIpc) is 3.28. The highest BCUT2D eigenvalue weighted by atomic mass is 79.9. The molecule has 5 rings (SSSR count). The van der Waals surface area contributed by atoms with E-state index in [4.69, 9.17) is 4.74 Å². The van der Waals surface area contributed by atoms with Crippen LogP contribution in [0.5, 0.6) is 5.75 Å². The maximum Gasteiger partial charge on any atom is 0.261 e. The van der Waals surface area contributed by atoms with E-state index in [-0.39, 0.29) is 31.0 Å². The summed E-state index contributed by atoms with van der Waals surface area (Å²) in [6.07, 6.45) is 0. The summed E-state index contributed by atoms with van der Waals surface area (Å²) in [5, 5.41) is 7.05. The molecule has 0 aliphatic carbocycles. The Labute approximate surface area is 197 Å². The molecular weight excluding hydrogens is 488 g/mol. The van der Waals surface area contributed by atoms with E-state index >= 15 is 0 Å². The number of thiophene rings is 1. The van der Waals surface area contributed by atoms with Crippen molar-refractivity contribution in [1.82, 2.24) is 4.90 Å². The van der Waals surface area contributed by atoms with Gasteiger partial charge in [-0.05, 0) is 52.6 Å². The summed E-state index contributed by atoms with van der Waals surface area (Å²) in [7, 11) is 0. The van der Waals surface area contributed by atoms with E-state index in [1.807, 2.05) is 78.2 Å². The maximum atomic E-state index is 13.3. The van der Waals surface area contributed by atoms with Crippen molar-refractivity contribution in [3.8, 4) is 5.75 Å². The number of rotatable bonds is 4. The van der Waals surface area contributed by atoms with Gasteiger partial charge in [0.25, 0.3) is 5.91 Å². The first-order chi connectivity index (χ1) is 15.6. The fraction of sp³-hybridized carbons (Fsp3) is 0.120. The monoisotopic (exact) mass is 506 g/mol. The van der Waals surface area contributed by atoms with Gasteiger partial charge in [-0.3, -0.25) is 9.59 Å². The normalized spacial score (nSPS) is 15.7. The molecule has 0 saturated heterocycles. The van der Waals surface area contributed by atoms with Crippen molar-refractivity contribution in [3.05, 3.63) is 93.1 Å². The maximum absolute atomic E-state index is 13.3. The van der Waals surface area contributed by atoms with Gasteiger partial charge in [0.05, 0.1) is 6.04 Å². The van der Waals surface area contributed by atoms with Gasteiger partial charge < -0.3 is 15.0 Å². The number of hydrogen-bond donors (Lipinski definition) is 1. The summed E-state index contributed by atoms with van der Waals surface area (Å²) in [4.78, 5) is 28.6. The molecule has 0 bridgehead atoms. The van der Waals surface area contributed by atoms with Gasteiger partial charge in [-0.15, -0.1) is 11.3 Å². The molecule has 3 aromatic carbocycles. The number of carbonyl (C=O) groups excluding carboxylic acids is 2. The molecule has 1 aromatic heterocycles. The van der Waals surface area contributed by atoms with Crippen molar-refractivity contribution >= 4 is 55.5 Å². The van der Waals surface area contributed by atoms with Gasteiger partial charge in [0.15, 0.2) is 6.61 Å². The Morgan fingerprint density at radius 1 is 1.06 bits per heavy atom. The summed E-state index contributed by atoms with van der Waals surface area (Å²) in [5.74, 6) is 0.137. The van der Waals surface area contributed by atoms with E-state index in [1.165, 1.54) is 0 Å². The van der Waals surface area contributed by atoms with Gasteiger partial charge in [0.1, 0.15) is 12.3 Å². The first kappa shape index (κ1) is 20.7. The molecule has 0 saturated carbocycles. The van der Waals surface area contributed by atoms with E-state index in [0.29, 0.717) is 11.4 Å². The molecule has 7 heteroatoms. The average molecular weight is 507 g/mol. The van der Waals surface area contributed by atoms with Crippen LogP contribution in [0.1, 0.15) is 16.5 Å². The second kappa shape index (κ2) is 8.76. The number of nitrogens with one attached hydrogen (secondary N) is 1. The molecule has 2 amide bonds. The predicted molar refractivity (Wildman–Crippen MR) is 130 cm³/mol. The number of carbonyl (C=O) groups is 2. The van der Waals surface area contributed by atoms with E-state index in [9.17, 15) is 9.59 Å². The SMILES string of the molecule is O=C1CN(C(=O)COc2ccc3ccccc3c2)C(c2cccs2)c2cc(Br)ccc2N1. The first-order valence-electron chi connectivity index (χ1n) is 10.1. The summed E-state index contributed by atoms with van der Waals surface area (Å²) in [6.45, 7) is -0.203. The van der Waals surface area contributed by atoms with Crippen LogP contribution in [0.15, 0.2) is 82.6 Å². The van der Waals surface area contributed by atoms with Gasteiger partial charge >= 0.3 is 0 Å². The molecule has 2 heterocycles. The number of halogens is 1. The number of nitrogens with zero attached hydrogens (tertiary/aromatic N) is 1. The second-order valence-corrected chi connectivity index (χ2v) is 9.41. The van der Waals surface area contributed by atoms with Crippen molar-refractivity contribution < 1.29 is 14.3 Å². The van der Waals surface area contributed by atoms with Crippen LogP contribution in [0.3, 0.4) is 0 Å². The lowest BCUT2D eigenvalue weighted by atomic mass is 10.0. The summed E-state index contributed by atoms with van der Waals surface area (Å²) >= 11 is 5.08. The number of ether oxygens (including phenoxy) is 1. The fourth-order valence-corrected chi connectivity index (χ4v) is 5.18. The Kier molecular flexibility index (Phi) is 5.68. The van der Waals surface area contributed by atoms with Crippen molar-refractivity contribution in [2.75, 3.05) is 18.5 Å². The van der Waals surface area contributed by atoms with Gasteiger partial charge in [-0.25, -0.2) is 0 Å². The van der Waals surface area contributed by atoms with E-state index in [1.54, 1.807) is 16.2 Å². The minimum absolute atomic E-state index is 0.0468. The van der Waals surface area contributed by atoms with Crippen LogP contribution < -0.4 is 10.1 Å². The second-order valence-electron chi connectivity index (χ2n) is 7.52. The molecule has 5 nitrogen and oxygen atoms in total. The highest BCUT2D eigenvalue weighted by molar-refractivity contribution is 9.10. The number of hydrogen-bond acceptors (Lipinski definition) is 4. The third kappa shape index (κ3) is 4.13. The van der Waals surface area contributed by atoms with Crippen LogP contribution in [-0.2, 0) is 9.59 Å². The Balaban J connectivity index is 1.45. The number of fused-ring (bicyclic) bond motifs is 2. The predicted octanol–water partition coefficient (Wildman–Crippen LogP) is 5.61. The molecule has 1 N–H and O–H groups in total. The lowest BCUT2D eigenvalue weighted by molar-refractivity contribution is -0.138. The van der Waals surface area contributed by atoms with Gasteiger partial charge in [-0.1, -0.05) is 52.3 Å². The summed E-state index contributed by atoms with van der Waals surface area (Å²) in [5.41, 5.74) is 1.58. The summed E-state index contributed by atoms with van der Waals surface area (Å²) < 4.78 is 6.74. The van der Waals surface area contributed by atoms with Crippen LogP contribution in [-0.4, -0.2) is 29.9 Å². The van der Waals surface area contributed by atoms with Crippen molar-refractivity contribution in [1.29, 1.82) is 0 Å². The van der Waals surface area contributed by atoms with Crippen molar-refractivity contribution in [2.45, 2.75) is 6.04 Å². The van der Waals surface area contributed by atoms with Gasteiger partial charge in [0.2, 0.25) is 5.91 Å². The molecule has 32 heavy (non-hydrogen) atoms. The third-order valence-electron chi connectivity index (χ3n) is 5.42. The van der Waals surface area contributed by atoms with Crippen molar-refractivity contribution in [2.24, 2.45) is 0 Å². The zero-order valence-corrected chi connectivity index (χ0v) is 19.4. The zero-order valence-electron chi connectivity index (χ0n) is 17.0. The highest BCUT2D eigenvalue weighted by Gasteiger charge is 2.34. The molecular formula is C25H19BrN2O3S. The zero-order chi connectivity index (χ0) is 22.1. The van der Waals surface area contributed by atoms with Crippen molar-refractivity contribution in [3.63, 3.8) is 0 Å². The molecule has 1 aliphatic heterocycles. The number of benzene rings is 3.